The fourth-order valence-corrected chi connectivity index (χ4v) is 1.88. The van der Waals surface area contributed by atoms with Gasteiger partial charge in [0, 0.05) is 7.11 Å². The van der Waals surface area contributed by atoms with E-state index < -0.39 is 0 Å². The molecule has 1 aliphatic rings. The van der Waals surface area contributed by atoms with Crippen LogP contribution in [0.5, 0.6) is 0 Å². The van der Waals surface area contributed by atoms with Gasteiger partial charge >= 0.3 is 0 Å². The van der Waals surface area contributed by atoms with Crippen LogP contribution in [0.2, 0.25) is 0 Å². The highest BCUT2D eigenvalue weighted by Crippen LogP contribution is 2.19. The Morgan fingerprint density at radius 2 is 1.54 bits per heavy atom. The SMILES string of the molecule is COCCOC1CCCCCCC1. The predicted octanol–water partition coefficient (Wildman–Crippen LogP) is 2.76. The second-order valence-corrected chi connectivity index (χ2v) is 3.83. The van der Waals surface area contributed by atoms with Gasteiger partial charge in [0.2, 0.25) is 0 Å². The van der Waals surface area contributed by atoms with Crippen molar-refractivity contribution in [1.82, 2.24) is 0 Å². The molecule has 1 fully saturated rings. The highest BCUT2D eigenvalue weighted by Gasteiger charge is 2.10. The van der Waals surface area contributed by atoms with E-state index in [0.29, 0.717) is 6.10 Å². The van der Waals surface area contributed by atoms with Gasteiger partial charge in [-0.1, -0.05) is 32.1 Å². The Balaban J connectivity index is 2.06. The van der Waals surface area contributed by atoms with E-state index in [4.69, 9.17) is 9.47 Å². The van der Waals surface area contributed by atoms with Crippen molar-refractivity contribution in [3.8, 4) is 0 Å². The topological polar surface area (TPSA) is 18.5 Å². The minimum Gasteiger partial charge on any atom is -0.382 e. The summed E-state index contributed by atoms with van der Waals surface area (Å²) in [6, 6.07) is 0. The molecule has 0 radical (unpaired) electrons. The smallest absolute Gasteiger partial charge is 0.0704 e. The van der Waals surface area contributed by atoms with Crippen LogP contribution in [0.3, 0.4) is 0 Å². The number of hydrogen-bond donors (Lipinski definition) is 0. The lowest BCUT2D eigenvalue weighted by Gasteiger charge is -2.19. The Hall–Kier alpha value is -0.0800. The van der Waals surface area contributed by atoms with Crippen molar-refractivity contribution >= 4 is 0 Å². The van der Waals surface area contributed by atoms with Crippen LogP contribution in [-0.2, 0) is 9.47 Å². The molecule has 0 unspecified atom stereocenters. The molecule has 0 N–H and O–H groups in total. The summed E-state index contributed by atoms with van der Waals surface area (Å²) in [6.07, 6.45) is 9.91. The Morgan fingerprint density at radius 3 is 2.15 bits per heavy atom. The van der Waals surface area contributed by atoms with Gasteiger partial charge in [-0.15, -0.1) is 0 Å². The lowest BCUT2D eigenvalue weighted by Crippen LogP contribution is -2.17. The third-order valence-electron chi connectivity index (χ3n) is 2.69. The molecule has 78 valence electrons. The first-order chi connectivity index (χ1) is 6.43. The molecule has 0 amide bonds. The van der Waals surface area contributed by atoms with E-state index in [9.17, 15) is 0 Å². The number of ether oxygens (including phenoxy) is 2. The van der Waals surface area contributed by atoms with Gasteiger partial charge in [-0.05, 0) is 12.8 Å². The lowest BCUT2D eigenvalue weighted by atomic mass is 9.99. The molecule has 2 heteroatoms. The van der Waals surface area contributed by atoms with E-state index in [1.54, 1.807) is 7.11 Å². The molecule has 0 bridgehead atoms. The van der Waals surface area contributed by atoms with E-state index in [0.717, 1.165) is 13.2 Å². The van der Waals surface area contributed by atoms with Crippen LogP contribution in [0, 0.1) is 0 Å². The monoisotopic (exact) mass is 186 g/mol. The molecule has 0 spiro atoms. The average molecular weight is 186 g/mol. The quantitative estimate of drug-likeness (QED) is 0.628. The number of methoxy groups -OCH3 is 1. The first kappa shape index (κ1) is 11.0. The summed E-state index contributed by atoms with van der Waals surface area (Å²) in [5.41, 5.74) is 0. The fourth-order valence-electron chi connectivity index (χ4n) is 1.88. The van der Waals surface area contributed by atoms with E-state index in [1.165, 1.54) is 44.9 Å². The van der Waals surface area contributed by atoms with Crippen LogP contribution < -0.4 is 0 Å². The zero-order valence-electron chi connectivity index (χ0n) is 8.76. The first-order valence-electron chi connectivity index (χ1n) is 5.54. The molecule has 13 heavy (non-hydrogen) atoms. The van der Waals surface area contributed by atoms with Gasteiger partial charge in [0.15, 0.2) is 0 Å². The summed E-state index contributed by atoms with van der Waals surface area (Å²) in [5.74, 6) is 0. The molecule has 0 aliphatic heterocycles. The maximum atomic E-state index is 5.73. The molecule has 0 aromatic rings. The molecule has 2 nitrogen and oxygen atoms in total. The molecule has 0 saturated heterocycles. The van der Waals surface area contributed by atoms with Crippen molar-refractivity contribution in [2.45, 2.75) is 51.0 Å². The standard InChI is InChI=1S/C11H22O2/c1-12-9-10-13-11-7-5-3-2-4-6-8-11/h11H,2-10H2,1H3. The van der Waals surface area contributed by atoms with Crippen LogP contribution in [0.25, 0.3) is 0 Å². The Labute approximate surface area is 81.6 Å². The Bertz CT molecular complexity index is 107. The maximum Gasteiger partial charge on any atom is 0.0704 e. The summed E-state index contributed by atoms with van der Waals surface area (Å²) >= 11 is 0. The molecular weight excluding hydrogens is 164 g/mol. The van der Waals surface area contributed by atoms with Crippen molar-refractivity contribution in [2.75, 3.05) is 20.3 Å². The van der Waals surface area contributed by atoms with Crippen molar-refractivity contribution in [3.05, 3.63) is 0 Å². The summed E-state index contributed by atoms with van der Waals surface area (Å²) < 4.78 is 10.7. The van der Waals surface area contributed by atoms with Crippen LogP contribution in [-0.4, -0.2) is 26.4 Å². The van der Waals surface area contributed by atoms with E-state index in [-0.39, 0.29) is 0 Å². The summed E-state index contributed by atoms with van der Waals surface area (Å²) in [7, 11) is 1.72. The Morgan fingerprint density at radius 1 is 0.923 bits per heavy atom. The molecular formula is C11H22O2. The van der Waals surface area contributed by atoms with Gasteiger partial charge in [0.1, 0.15) is 0 Å². The summed E-state index contributed by atoms with van der Waals surface area (Å²) in [5, 5.41) is 0. The second-order valence-electron chi connectivity index (χ2n) is 3.83. The van der Waals surface area contributed by atoms with Crippen LogP contribution >= 0.6 is 0 Å². The third-order valence-corrected chi connectivity index (χ3v) is 2.69. The van der Waals surface area contributed by atoms with Gasteiger partial charge < -0.3 is 9.47 Å². The fraction of sp³-hybridized carbons (Fsp3) is 1.00. The van der Waals surface area contributed by atoms with Crippen molar-refractivity contribution in [3.63, 3.8) is 0 Å². The maximum absolute atomic E-state index is 5.73. The van der Waals surface area contributed by atoms with Crippen LogP contribution in [0.4, 0.5) is 0 Å². The lowest BCUT2D eigenvalue weighted by molar-refractivity contribution is 0.00505. The molecule has 0 aromatic carbocycles. The third kappa shape index (κ3) is 5.27. The zero-order valence-corrected chi connectivity index (χ0v) is 8.76. The molecule has 1 rings (SSSR count). The average Bonchev–Trinajstić information content (AvgIpc) is 2.08. The second kappa shape index (κ2) is 7.34. The minimum atomic E-state index is 0.510. The normalized spacial score (nSPS) is 21.0. The number of hydrogen-bond acceptors (Lipinski definition) is 2. The largest absolute Gasteiger partial charge is 0.382 e. The number of rotatable bonds is 4. The minimum absolute atomic E-state index is 0.510. The van der Waals surface area contributed by atoms with Crippen molar-refractivity contribution in [1.29, 1.82) is 0 Å². The van der Waals surface area contributed by atoms with E-state index >= 15 is 0 Å². The molecule has 0 aromatic heterocycles. The van der Waals surface area contributed by atoms with Crippen molar-refractivity contribution in [2.24, 2.45) is 0 Å². The van der Waals surface area contributed by atoms with Gasteiger partial charge in [-0.25, -0.2) is 0 Å². The summed E-state index contributed by atoms with van der Waals surface area (Å²) in [6.45, 7) is 1.50. The van der Waals surface area contributed by atoms with Crippen LogP contribution in [0.15, 0.2) is 0 Å². The van der Waals surface area contributed by atoms with Gasteiger partial charge in [0.05, 0.1) is 19.3 Å². The highest BCUT2D eigenvalue weighted by molar-refractivity contribution is 4.62. The highest BCUT2D eigenvalue weighted by atomic mass is 16.5. The zero-order chi connectivity index (χ0) is 9.36. The van der Waals surface area contributed by atoms with Crippen LogP contribution in [0.1, 0.15) is 44.9 Å². The first-order valence-corrected chi connectivity index (χ1v) is 5.54. The molecule has 0 heterocycles. The summed E-state index contributed by atoms with van der Waals surface area (Å²) in [4.78, 5) is 0. The van der Waals surface area contributed by atoms with Crippen molar-refractivity contribution < 1.29 is 9.47 Å². The molecule has 1 saturated carbocycles. The van der Waals surface area contributed by atoms with Gasteiger partial charge in [0.25, 0.3) is 0 Å². The van der Waals surface area contributed by atoms with Gasteiger partial charge in [-0.2, -0.15) is 0 Å². The molecule has 1 aliphatic carbocycles. The predicted molar refractivity (Wildman–Crippen MR) is 53.9 cm³/mol. The van der Waals surface area contributed by atoms with E-state index in [2.05, 4.69) is 0 Å². The Kier molecular flexibility index (Phi) is 6.21. The van der Waals surface area contributed by atoms with E-state index in [1.807, 2.05) is 0 Å². The molecule has 0 atom stereocenters. The van der Waals surface area contributed by atoms with Gasteiger partial charge in [-0.3, -0.25) is 0 Å².